The molecule has 6 nitrogen and oxygen atoms in total. The Morgan fingerprint density at radius 2 is 1.90 bits per heavy atom. The summed E-state index contributed by atoms with van der Waals surface area (Å²) in [7, 11) is 0. The lowest BCUT2D eigenvalue weighted by Crippen LogP contribution is -2.37. The highest BCUT2D eigenvalue weighted by molar-refractivity contribution is 6.32. The minimum Gasteiger partial charge on any atom is -0.490 e. The lowest BCUT2D eigenvalue weighted by atomic mass is 9.99. The second kappa shape index (κ2) is 8.95. The molecule has 0 spiro atoms. The highest BCUT2D eigenvalue weighted by atomic mass is 35.5. The molecule has 29 heavy (non-hydrogen) atoms. The third kappa shape index (κ3) is 4.15. The number of para-hydroxylation sites is 1. The zero-order valence-corrected chi connectivity index (χ0v) is 17.1. The quantitative estimate of drug-likeness (QED) is 0.708. The zero-order chi connectivity index (χ0) is 20.2. The van der Waals surface area contributed by atoms with Crippen LogP contribution in [-0.4, -0.2) is 62.2 Å². The second-order valence-corrected chi connectivity index (χ2v) is 7.38. The molecule has 2 aromatic rings. The van der Waals surface area contributed by atoms with Crippen LogP contribution in [0.25, 0.3) is 0 Å². The van der Waals surface area contributed by atoms with Crippen molar-refractivity contribution in [1.29, 1.82) is 0 Å². The maximum Gasteiger partial charge on any atom is 0.128 e. The summed E-state index contributed by atoms with van der Waals surface area (Å²) in [5.74, 6) is 1.75. The molecule has 0 aromatic heterocycles. The van der Waals surface area contributed by atoms with Crippen molar-refractivity contribution in [2.24, 2.45) is 9.98 Å². The van der Waals surface area contributed by atoms with E-state index >= 15 is 0 Å². The van der Waals surface area contributed by atoms with E-state index in [1.54, 1.807) is 0 Å². The molecular weight excluding hydrogens is 390 g/mol. The number of nitrogens with zero attached hydrogens (tertiary/aromatic N) is 3. The van der Waals surface area contributed by atoms with Crippen molar-refractivity contribution in [3.05, 3.63) is 58.6 Å². The molecule has 2 aliphatic heterocycles. The van der Waals surface area contributed by atoms with Crippen molar-refractivity contribution in [2.45, 2.75) is 13.0 Å². The smallest absolute Gasteiger partial charge is 0.128 e. The number of benzene rings is 2. The highest BCUT2D eigenvalue weighted by Crippen LogP contribution is 2.35. The van der Waals surface area contributed by atoms with Crippen LogP contribution in [0.2, 0.25) is 5.02 Å². The summed E-state index contributed by atoms with van der Waals surface area (Å²) in [6, 6.07) is 14.0. The summed E-state index contributed by atoms with van der Waals surface area (Å²) in [6.07, 6.45) is 0. The number of hydrogen-bond donors (Lipinski definition) is 1. The molecule has 0 fully saturated rings. The van der Waals surface area contributed by atoms with Gasteiger partial charge in [-0.15, -0.1) is 0 Å². The summed E-state index contributed by atoms with van der Waals surface area (Å²) >= 11 is 6.36. The minimum absolute atomic E-state index is 0.00528. The SMILES string of the molecule is CC1=NCC2CN=C(c3ccccc3OCCOCCO)c3cc(Cl)ccc3N12. The van der Waals surface area contributed by atoms with E-state index in [1.165, 1.54) is 0 Å². The van der Waals surface area contributed by atoms with Gasteiger partial charge in [0.2, 0.25) is 0 Å². The molecule has 0 saturated carbocycles. The van der Waals surface area contributed by atoms with Crippen molar-refractivity contribution < 1.29 is 14.6 Å². The number of rotatable bonds is 7. The maximum atomic E-state index is 8.82. The summed E-state index contributed by atoms with van der Waals surface area (Å²) in [4.78, 5) is 11.8. The average molecular weight is 414 g/mol. The monoisotopic (exact) mass is 413 g/mol. The summed E-state index contributed by atoms with van der Waals surface area (Å²) in [5.41, 5.74) is 3.84. The number of ether oxygens (including phenoxy) is 2. The molecule has 152 valence electrons. The molecule has 0 aliphatic carbocycles. The molecule has 4 rings (SSSR count). The van der Waals surface area contributed by atoms with Gasteiger partial charge in [-0.05, 0) is 37.3 Å². The first-order valence-corrected chi connectivity index (χ1v) is 10.1. The van der Waals surface area contributed by atoms with E-state index in [1.807, 2.05) is 49.4 Å². The molecular formula is C22H24ClN3O3. The largest absolute Gasteiger partial charge is 0.490 e. The number of halogens is 1. The van der Waals surface area contributed by atoms with E-state index in [2.05, 4.69) is 9.89 Å². The van der Waals surface area contributed by atoms with E-state index in [4.69, 9.17) is 31.2 Å². The Morgan fingerprint density at radius 3 is 2.76 bits per heavy atom. The zero-order valence-electron chi connectivity index (χ0n) is 16.3. The van der Waals surface area contributed by atoms with Gasteiger partial charge in [0, 0.05) is 16.1 Å². The van der Waals surface area contributed by atoms with Gasteiger partial charge in [-0.2, -0.15) is 0 Å². The van der Waals surface area contributed by atoms with Gasteiger partial charge < -0.3 is 19.5 Å². The molecule has 7 heteroatoms. The molecule has 1 N–H and O–H groups in total. The number of aliphatic hydroxyl groups is 1. The Labute approximate surface area is 175 Å². The first kappa shape index (κ1) is 19.9. The van der Waals surface area contributed by atoms with E-state index in [9.17, 15) is 0 Å². The van der Waals surface area contributed by atoms with E-state index in [0.717, 1.165) is 40.7 Å². The number of fused-ring (bicyclic) bond motifs is 3. The molecule has 0 radical (unpaired) electrons. The van der Waals surface area contributed by atoms with Gasteiger partial charge in [0.15, 0.2) is 0 Å². The minimum atomic E-state index is 0.00528. The Kier molecular flexibility index (Phi) is 6.13. The first-order chi connectivity index (χ1) is 14.2. The van der Waals surface area contributed by atoms with Crippen LogP contribution < -0.4 is 9.64 Å². The Hall–Kier alpha value is -2.41. The fourth-order valence-electron chi connectivity index (χ4n) is 3.76. The number of anilines is 1. The predicted molar refractivity (Wildman–Crippen MR) is 116 cm³/mol. The molecule has 2 heterocycles. The first-order valence-electron chi connectivity index (χ1n) is 9.74. The van der Waals surface area contributed by atoms with Crippen molar-refractivity contribution in [2.75, 3.05) is 44.4 Å². The third-order valence-electron chi connectivity index (χ3n) is 5.04. The molecule has 0 saturated heterocycles. The van der Waals surface area contributed by atoms with Crippen LogP contribution in [-0.2, 0) is 4.74 Å². The lowest BCUT2D eigenvalue weighted by Gasteiger charge is -2.26. The molecule has 2 aromatic carbocycles. The third-order valence-corrected chi connectivity index (χ3v) is 5.28. The Balaban J connectivity index is 1.69. The molecule has 2 aliphatic rings. The molecule has 0 bridgehead atoms. The fourth-order valence-corrected chi connectivity index (χ4v) is 3.93. The van der Waals surface area contributed by atoms with Crippen LogP contribution in [0.15, 0.2) is 52.4 Å². The fraction of sp³-hybridized carbons (Fsp3) is 0.364. The van der Waals surface area contributed by atoms with Crippen molar-refractivity contribution >= 4 is 28.8 Å². The van der Waals surface area contributed by atoms with Crippen LogP contribution in [0.1, 0.15) is 18.1 Å². The van der Waals surface area contributed by atoms with Crippen LogP contribution in [0.3, 0.4) is 0 Å². The van der Waals surface area contributed by atoms with E-state index < -0.39 is 0 Å². The maximum absolute atomic E-state index is 8.82. The summed E-state index contributed by atoms with van der Waals surface area (Å²) in [5, 5.41) is 9.49. The van der Waals surface area contributed by atoms with E-state index in [-0.39, 0.29) is 12.6 Å². The van der Waals surface area contributed by atoms with Gasteiger partial charge in [-0.3, -0.25) is 9.98 Å². The van der Waals surface area contributed by atoms with Gasteiger partial charge in [0.1, 0.15) is 18.2 Å². The standard InChI is InChI=1S/C22H24ClN3O3/c1-15-24-13-17-14-25-22(19-12-16(23)6-7-20(19)26(15)17)18-4-2-3-5-21(18)29-11-10-28-9-8-27/h2-7,12,17,27H,8-11,13-14H2,1H3. The average Bonchev–Trinajstić information content (AvgIpc) is 3.01. The number of aliphatic imine (C=N–C) groups is 2. The Morgan fingerprint density at radius 1 is 1.07 bits per heavy atom. The van der Waals surface area contributed by atoms with Gasteiger partial charge in [-0.1, -0.05) is 23.7 Å². The van der Waals surface area contributed by atoms with Crippen molar-refractivity contribution in [3.63, 3.8) is 0 Å². The molecule has 0 amide bonds. The highest BCUT2D eigenvalue weighted by Gasteiger charge is 2.32. The van der Waals surface area contributed by atoms with Crippen LogP contribution in [0, 0.1) is 0 Å². The van der Waals surface area contributed by atoms with Crippen LogP contribution in [0.4, 0.5) is 5.69 Å². The topological polar surface area (TPSA) is 66.7 Å². The van der Waals surface area contributed by atoms with Gasteiger partial charge in [0.25, 0.3) is 0 Å². The molecule has 1 atom stereocenters. The van der Waals surface area contributed by atoms with Gasteiger partial charge >= 0.3 is 0 Å². The normalized spacial score (nSPS) is 17.9. The predicted octanol–water partition coefficient (Wildman–Crippen LogP) is 3.19. The number of hydrogen-bond acceptors (Lipinski definition) is 6. The van der Waals surface area contributed by atoms with Crippen molar-refractivity contribution in [1.82, 2.24) is 0 Å². The Bertz CT molecular complexity index is 945. The van der Waals surface area contributed by atoms with E-state index in [0.29, 0.717) is 31.4 Å². The van der Waals surface area contributed by atoms with Crippen LogP contribution in [0.5, 0.6) is 5.75 Å². The number of amidine groups is 1. The van der Waals surface area contributed by atoms with Crippen molar-refractivity contribution in [3.8, 4) is 5.75 Å². The van der Waals surface area contributed by atoms with Crippen LogP contribution >= 0.6 is 11.6 Å². The molecule has 1 unspecified atom stereocenters. The second-order valence-electron chi connectivity index (χ2n) is 6.94. The summed E-state index contributed by atoms with van der Waals surface area (Å²) < 4.78 is 11.3. The lowest BCUT2D eigenvalue weighted by molar-refractivity contribution is 0.0705. The summed E-state index contributed by atoms with van der Waals surface area (Å²) in [6.45, 7) is 4.55. The van der Waals surface area contributed by atoms with Gasteiger partial charge in [0.05, 0.1) is 50.4 Å². The van der Waals surface area contributed by atoms with Gasteiger partial charge in [-0.25, -0.2) is 0 Å². The number of aliphatic hydroxyl groups excluding tert-OH is 1.